The zero-order chi connectivity index (χ0) is 41.9. The molecule has 6 aromatic carbocycles. The first-order chi connectivity index (χ1) is 30.2. The fraction of sp³-hybridized carbons (Fsp3) is 0.379. The van der Waals surface area contributed by atoms with Gasteiger partial charge in [0.15, 0.2) is 0 Å². The van der Waals surface area contributed by atoms with Crippen LogP contribution in [-0.4, -0.2) is 5.92 Å². The average molecular weight is 948 g/mol. The van der Waals surface area contributed by atoms with E-state index in [-0.39, 0.29) is 7.25 Å². The maximum absolute atomic E-state index is 9.49. The third-order valence-corrected chi connectivity index (χ3v) is 68.6. The molecule has 0 aliphatic heterocycles. The second kappa shape index (κ2) is 15.0. The van der Waals surface area contributed by atoms with Gasteiger partial charge in [0.2, 0.25) is 0 Å². The van der Waals surface area contributed by atoms with Crippen molar-refractivity contribution in [1.82, 2.24) is 0 Å². The van der Waals surface area contributed by atoms with Crippen LogP contribution in [0.3, 0.4) is 0 Å². The van der Waals surface area contributed by atoms with Gasteiger partial charge in [-0.05, 0) is 0 Å². The Morgan fingerprint density at radius 1 is 0.532 bits per heavy atom. The van der Waals surface area contributed by atoms with E-state index in [9.17, 15) is 17.0 Å². The topological polar surface area (TPSA) is 0 Å². The summed E-state index contributed by atoms with van der Waals surface area (Å²) in [6, 6.07) is 47.4. The van der Waals surface area contributed by atoms with Crippen molar-refractivity contribution in [1.29, 1.82) is 0 Å². The molecule has 3 unspecified atom stereocenters. The minimum absolute atomic E-state index is 0.116. The van der Waals surface area contributed by atoms with Crippen LogP contribution in [0.2, 0.25) is 12.6 Å². The van der Waals surface area contributed by atoms with Crippen LogP contribution in [-0.2, 0) is 15.6 Å². The number of rotatable bonds is 11. The summed E-state index contributed by atoms with van der Waals surface area (Å²) >= 11 is -5.20. The maximum atomic E-state index is 9.49. The van der Waals surface area contributed by atoms with Crippen LogP contribution in [0.15, 0.2) is 132 Å². The van der Waals surface area contributed by atoms with Crippen LogP contribution in [0.1, 0.15) is 120 Å². The van der Waals surface area contributed by atoms with Crippen molar-refractivity contribution in [2.45, 2.75) is 110 Å². The van der Waals surface area contributed by atoms with Gasteiger partial charge >= 0.3 is 382 Å². The van der Waals surface area contributed by atoms with E-state index >= 15 is 0 Å². The normalized spacial score (nSPS) is 28.2. The Balaban J connectivity index is 1.10. The number of hydrogen-bond acceptors (Lipinski definition) is 0. The first kappa shape index (κ1) is 40.5. The number of halogens is 2. The van der Waals surface area contributed by atoms with E-state index in [0.29, 0.717) is 10.8 Å². The predicted octanol–water partition coefficient (Wildman–Crippen LogP) is 17.6. The number of benzene rings is 6. The monoisotopic (exact) mass is 945 g/mol. The molecule has 0 heterocycles. The molecule has 6 aromatic rings. The number of allylic oxidation sites excluding steroid dienone is 2. The van der Waals surface area contributed by atoms with Crippen molar-refractivity contribution in [2.75, 3.05) is 0 Å². The first-order valence-electron chi connectivity index (χ1n) is 24.4. The van der Waals surface area contributed by atoms with Gasteiger partial charge in [-0.3, -0.25) is 0 Å². The Labute approximate surface area is 379 Å². The van der Waals surface area contributed by atoms with Crippen molar-refractivity contribution >= 4 is 56.6 Å². The molecule has 0 aromatic heterocycles. The summed E-state index contributed by atoms with van der Waals surface area (Å²) in [5.74, 6) is 0.0129. The molecule has 3 atom stereocenters. The van der Waals surface area contributed by atoms with Gasteiger partial charge in [0.1, 0.15) is 0 Å². The third-order valence-electron chi connectivity index (χ3n) is 18.2. The molecule has 6 aliphatic carbocycles. The minimum atomic E-state index is -5.20. The van der Waals surface area contributed by atoms with E-state index in [1.54, 1.807) is 11.1 Å². The van der Waals surface area contributed by atoms with Gasteiger partial charge < -0.3 is 0 Å². The molecule has 0 nitrogen and oxygen atoms in total. The molecule has 0 amide bonds. The molecule has 6 aliphatic rings. The van der Waals surface area contributed by atoms with E-state index in [4.69, 9.17) is 0 Å². The quantitative estimate of drug-likeness (QED) is 0.114. The van der Waals surface area contributed by atoms with E-state index in [1.807, 2.05) is 0 Å². The molecule has 0 saturated heterocycles. The van der Waals surface area contributed by atoms with Gasteiger partial charge in [-0.25, -0.2) is 0 Å². The molecule has 4 bridgehead atoms. The average Bonchev–Trinajstić information content (AvgIpc) is 4.17. The molecule has 0 radical (unpaired) electrons. The second-order valence-electron chi connectivity index (χ2n) is 21.5. The molecule has 0 spiro atoms. The van der Waals surface area contributed by atoms with E-state index in [2.05, 4.69) is 147 Å². The summed E-state index contributed by atoms with van der Waals surface area (Å²) < 4.78 is 0.231. The first-order valence-corrected chi connectivity index (χ1v) is 40.3. The van der Waals surface area contributed by atoms with Crippen molar-refractivity contribution in [3.05, 3.63) is 155 Å². The van der Waals surface area contributed by atoms with Crippen molar-refractivity contribution in [3.63, 3.8) is 0 Å². The zero-order valence-electron chi connectivity index (χ0n) is 36.7. The molecule has 4 heteroatoms. The Morgan fingerprint density at radius 2 is 0.935 bits per heavy atom. The van der Waals surface area contributed by atoms with E-state index in [1.165, 1.54) is 136 Å². The predicted molar refractivity (Wildman–Crippen MR) is 267 cm³/mol. The summed E-state index contributed by atoms with van der Waals surface area (Å²) in [5.41, 5.74) is 15.1. The molecular formula is C58H61Cl2SiZr. The van der Waals surface area contributed by atoms with Gasteiger partial charge in [-0.15, -0.1) is 0 Å². The summed E-state index contributed by atoms with van der Waals surface area (Å²) in [4.78, 5) is 0. The molecule has 315 valence electrons. The summed E-state index contributed by atoms with van der Waals surface area (Å²) in [5, 5.41) is 5.25. The summed E-state index contributed by atoms with van der Waals surface area (Å²) in [6.45, 7) is 5.05. The van der Waals surface area contributed by atoms with Crippen LogP contribution in [0.5, 0.6) is 0 Å². The van der Waals surface area contributed by atoms with Gasteiger partial charge in [0, 0.05) is 0 Å². The molecular weight excluding hydrogens is 887 g/mol. The number of fused-ring (bicyclic) bond motifs is 8. The second-order valence-corrected chi connectivity index (χ2v) is 62.9. The number of hydrogen-bond donors (Lipinski definition) is 0. The van der Waals surface area contributed by atoms with Crippen LogP contribution < -0.4 is 0 Å². The van der Waals surface area contributed by atoms with Gasteiger partial charge in [-0.2, -0.15) is 0 Å². The van der Waals surface area contributed by atoms with Crippen LogP contribution >= 0.6 is 17.0 Å². The van der Waals surface area contributed by atoms with Gasteiger partial charge in [-0.1, -0.05) is 0 Å². The Hall–Kier alpha value is -3.00. The summed E-state index contributed by atoms with van der Waals surface area (Å²) in [6.07, 6.45) is 22.7. The van der Waals surface area contributed by atoms with Crippen LogP contribution in [0, 0.1) is 22.7 Å². The SMILES string of the molecule is CCC[SiH](C)[Zr]([Cl])([Cl])([CH]1C(CC23CCC(CC2)C3)=Cc2c(-c3cccc4ccccc34)cccc21)[CH]1C(CC23CCC(CC2)C3)=Cc2c(-c3cccc4ccccc34)cccc21. The molecule has 0 N–H and O–H groups in total. The van der Waals surface area contributed by atoms with Crippen molar-refractivity contribution < 1.29 is 15.6 Å². The Kier molecular flexibility index (Phi) is 9.81. The van der Waals surface area contributed by atoms with E-state index in [0.717, 1.165) is 31.1 Å². The Morgan fingerprint density at radius 3 is 1.35 bits per heavy atom. The summed E-state index contributed by atoms with van der Waals surface area (Å²) in [7, 11) is 19.0. The van der Waals surface area contributed by atoms with Gasteiger partial charge in [0.25, 0.3) is 0 Å². The molecule has 4 saturated carbocycles. The van der Waals surface area contributed by atoms with Crippen molar-refractivity contribution in [3.8, 4) is 22.3 Å². The molecule has 62 heavy (non-hydrogen) atoms. The fourth-order valence-corrected chi connectivity index (χ4v) is 56.5. The molecule has 4 fully saturated rings. The molecule has 12 rings (SSSR count). The van der Waals surface area contributed by atoms with Gasteiger partial charge in [0.05, 0.1) is 0 Å². The van der Waals surface area contributed by atoms with E-state index < -0.39 is 21.5 Å². The van der Waals surface area contributed by atoms with Crippen molar-refractivity contribution in [2.24, 2.45) is 22.7 Å². The zero-order valence-corrected chi connectivity index (χ0v) is 41.9. The fourth-order valence-electron chi connectivity index (χ4n) is 15.4. The van der Waals surface area contributed by atoms with Crippen LogP contribution in [0.25, 0.3) is 56.0 Å². The Bertz CT molecular complexity index is 2640. The third kappa shape index (κ3) is 6.19. The van der Waals surface area contributed by atoms with Crippen LogP contribution in [0.4, 0.5) is 0 Å². The standard InChI is InChI=1S/2C27H25.C4H11Si.2ClH.Zr/c2*1-2-8-23-21(5-1)6-3-9-24(23)25-10-4-7-22-15-20(16-26(22)25)18-27-13-11-19(17-27)12-14-27;1-3-4-5-2;;;/h2*1-10,15-16,19H,11-14,17-18H2;5H,3-4H2,1-2H3;2*1H;/q;;;;;+2/p-2.